The van der Waals surface area contributed by atoms with Crippen LogP contribution in [0.2, 0.25) is 0 Å². The Balaban J connectivity index is 4.27. The van der Waals surface area contributed by atoms with Gasteiger partial charge in [-0.3, -0.25) is 15.4 Å². The molecule has 0 saturated heterocycles. The number of unbranched alkanes of at least 4 members (excludes halogenated alkanes) is 3. The Morgan fingerprint density at radius 3 is 2.59 bits per heavy atom. The molecule has 0 aromatic carbocycles. The Kier molecular flexibility index (Phi) is 14.5. The molecule has 0 bridgehead atoms. The fourth-order valence-corrected chi connectivity index (χ4v) is 3.13. The summed E-state index contributed by atoms with van der Waals surface area (Å²) >= 11 is 1.44. The third-order valence-electron chi connectivity index (χ3n) is 4.41. The zero-order chi connectivity index (χ0) is 20.5. The fourth-order valence-electron chi connectivity index (χ4n) is 2.59. The highest BCUT2D eigenvalue weighted by Crippen LogP contribution is 2.31. The van der Waals surface area contributed by atoms with Crippen LogP contribution in [0, 0.1) is 10.8 Å². The van der Waals surface area contributed by atoms with E-state index in [4.69, 9.17) is 5.41 Å². The molecular formula is C22H38N4S. The lowest BCUT2D eigenvalue weighted by molar-refractivity contribution is 0.454. The van der Waals surface area contributed by atoms with Crippen molar-refractivity contribution in [3.63, 3.8) is 0 Å². The topological polar surface area (TPSA) is 60.6 Å². The minimum Gasteiger partial charge on any atom is -0.391 e. The van der Waals surface area contributed by atoms with Gasteiger partial charge in [-0.1, -0.05) is 63.8 Å². The van der Waals surface area contributed by atoms with Gasteiger partial charge >= 0.3 is 0 Å². The lowest BCUT2D eigenvalue weighted by Crippen LogP contribution is -2.21. The first kappa shape index (κ1) is 25.4. The molecule has 0 fully saturated rings. The molecule has 0 heterocycles. The van der Waals surface area contributed by atoms with Crippen molar-refractivity contribution in [3.8, 4) is 0 Å². The van der Waals surface area contributed by atoms with Gasteiger partial charge in [-0.15, -0.1) is 0 Å². The van der Waals surface area contributed by atoms with Crippen LogP contribution < -0.4 is 5.32 Å². The van der Waals surface area contributed by atoms with Gasteiger partial charge in [0.25, 0.3) is 0 Å². The summed E-state index contributed by atoms with van der Waals surface area (Å²) in [6.45, 7) is 19.8. The summed E-state index contributed by atoms with van der Waals surface area (Å²) in [4.78, 5) is 8.61. The van der Waals surface area contributed by atoms with E-state index >= 15 is 0 Å². The molecule has 0 aliphatic heterocycles. The van der Waals surface area contributed by atoms with Gasteiger partial charge < -0.3 is 5.32 Å². The average Bonchev–Trinajstić information content (AvgIpc) is 2.64. The molecule has 0 rings (SSSR count). The number of nitrogens with zero attached hydrogens (tertiary/aromatic N) is 2. The van der Waals surface area contributed by atoms with Crippen molar-refractivity contribution in [2.24, 2.45) is 15.4 Å². The molecule has 0 spiro atoms. The molecule has 2 N–H and O–H groups in total. The standard InChI is InChI=1S/C22H38N4S/c1-7-19(3)22(4,5)16-20(17-24-6)26-18-21(23)27-15-13-11-9-10-12-14-25-8-2/h8,13,15,23,25H,2-3,6-7,9-12,14,16-18H2,1,4-5H3/b15-13+,23-21?,26-20-. The van der Waals surface area contributed by atoms with Crippen molar-refractivity contribution >= 4 is 29.2 Å². The lowest BCUT2D eigenvalue weighted by Gasteiger charge is -2.27. The van der Waals surface area contributed by atoms with Gasteiger partial charge in [0.05, 0.1) is 18.1 Å². The number of hydrogen-bond acceptors (Lipinski definition) is 5. The van der Waals surface area contributed by atoms with Crippen LogP contribution in [-0.2, 0) is 0 Å². The van der Waals surface area contributed by atoms with Gasteiger partial charge in [0.15, 0.2) is 0 Å². The summed E-state index contributed by atoms with van der Waals surface area (Å²) in [6, 6.07) is 0. The number of rotatable bonds is 16. The molecule has 4 nitrogen and oxygen atoms in total. The number of aliphatic imine (C=N–C) groups is 2. The zero-order valence-corrected chi connectivity index (χ0v) is 18.3. The molecule has 0 aromatic rings. The van der Waals surface area contributed by atoms with E-state index in [1.807, 2.05) is 5.41 Å². The van der Waals surface area contributed by atoms with Crippen LogP contribution in [0.25, 0.3) is 0 Å². The summed E-state index contributed by atoms with van der Waals surface area (Å²) in [6.07, 6.45) is 10.2. The van der Waals surface area contributed by atoms with E-state index in [-0.39, 0.29) is 5.41 Å². The molecule has 0 atom stereocenters. The second kappa shape index (κ2) is 15.4. The van der Waals surface area contributed by atoms with Crippen LogP contribution >= 0.6 is 11.8 Å². The zero-order valence-electron chi connectivity index (χ0n) is 17.5. The average molecular weight is 391 g/mol. The second-order valence-corrected chi connectivity index (χ2v) is 8.20. The van der Waals surface area contributed by atoms with Crippen molar-refractivity contribution in [2.75, 3.05) is 19.6 Å². The summed E-state index contributed by atoms with van der Waals surface area (Å²) in [5.74, 6) is 0. The third kappa shape index (κ3) is 13.2. The van der Waals surface area contributed by atoms with Gasteiger partial charge in [-0.25, -0.2) is 0 Å². The van der Waals surface area contributed by atoms with E-state index in [9.17, 15) is 0 Å². The fraction of sp³-hybridized carbons (Fsp3) is 0.591. The summed E-state index contributed by atoms with van der Waals surface area (Å²) < 4.78 is 0. The maximum atomic E-state index is 8.08. The molecule has 0 saturated carbocycles. The summed E-state index contributed by atoms with van der Waals surface area (Å²) in [5.41, 5.74) is 2.20. The largest absolute Gasteiger partial charge is 0.391 e. The molecule has 152 valence electrons. The number of nitrogens with one attached hydrogen (secondary N) is 2. The van der Waals surface area contributed by atoms with Gasteiger partial charge in [-0.2, -0.15) is 0 Å². The number of allylic oxidation sites excluding steroid dienone is 2. The number of thioether (sulfide) groups is 1. The molecule has 0 amide bonds. The van der Waals surface area contributed by atoms with Crippen molar-refractivity contribution in [3.05, 3.63) is 36.4 Å². The van der Waals surface area contributed by atoms with Crippen LogP contribution in [0.1, 0.15) is 59.3 Å². The van der Waals surface area contributed by atoms with E-state index in [1.165, 1.54) is 36.6 Å². The van der Waals surface area contributed by atoms with Gasteiger partial charge in [-0.05, 0) is 55.8 Å². The van der Waals surface area contributed by atoms with Crippen LogP contribution in [-0.4, -0.2) is 37.1 Å². The Hall–Kier alpha value is -1.62. The third-order valence-corrected chi connectivity index (χ3v) is 5.16. The maximum absolute atomic E-state index is 8.08. The van der Waals surface area contributed by atoms with Gasteiger partial charge in [0.1, 0.15) is 0 Å². The Morgan fingerprint density at radius 1 is 1.22 bits per heavy atom. The minimum absolute atomic E-state index is 0.00526. The lowest BCUT2D eigenvalue weighted by atomic mass is 9.79. The summed E-state index contributed by atoms with van der Waals surface area (Å²) in [7, 11) is 0. The first-order valence-electron chi connectivity index (χ1n) is 9.73. The molecular weight excluding hydrogens is 352 g/mol. The monoisotopic (exact) mass is 390 g/mol. The quantitative estimate of drug-likeness (QED) is 0.146. The molecule has 0 aliphatic rings. The van der Waals surface area contributed by atoms with Crippen molar-refractivity contribution in [1.29, 1.82) is 5.41 Å². The highest BCUT2D eigenvalue weighted by Gasteiger charge is 2.22. The summed E-state index contributed by atoms with van der Waals surface area (Å²) in [5, 5.41) is 13.7. The highest BCUT2D eigenvalue weighted by molar-refractivity contribution is 8.16. The van der Waals surface area contributed by atoms with E-state index < -0.39 is 0 Å². The molecule has 0 aliphatic carbocycles. The van der Waals surface area contributed by atoms with Crippen LogP contribution in [0.15, 0.2) is 46.4 Å². The van der Waals surface area contributed by atoms with Crippen LogP contribution in [0.4, 0.5) is 0 Å². The number of hydrogen-bond donors (Lipinski definition) is 2. The van der Waals surface area contributed by atoms with Crippen LogP contribution in [0.3, 0.4) is 0 Å². The normalized spacial score (nSPS) is 12.2. The van der Waals surface area contributed by atoms with Crippen molar-refractivity contribution < 1.29 is 0 Å². The van der Waals surface area contributed by atoms with Gasteiger partial charge in [0.2, 0.25) is 0 Å². The van der Waals surface area contributed by atoms with Crippen molar-refractivity contribution in [1.82, 2.24) is 5.32 Å². The second-order valence-electron chi connectivity index (χ2n) is 7.20. The first-order valence-corrected chi connectivity index (χ1v) is 10.6. The predicted molar refractivity (Wildman–Crippen MR) is 126 cm³/mol. The molecule has 5 heteroatoms. The highest BCUT2D eigenvalue weighted by atomic mass is 32.2. The Bertz CT molecular complexity index is 532. The molecule has 0 radical (unpaired) electrons. The van der Waals surface area contributed by atoms with Crippen LogP contribution in [0.5, 0.6) is 0 Å². The predicted octanol–water partition coefficient (Wildman–Crippen LogP) is 6.03. The van der Waals surface area contributed by atoms with E-state index in [0.717, 1.165) is 31.5 Å². The minimum atomic E-state index is -0.00526. The molecule has 27 heavy (non-hydrogen) atoms. The Labute approximate surface area is 170 Å². The SMILES string of the molecule is C=CNCCCCC/C=C/SC(=N)C/N=C(\CN=C)CC(C)(C)C(=C)CC. The Morgan fingerprint density at radius 2 is 1.96 bits per heavy atom. The van der Waals surface area contributed by atoms with E-state index in [0.29, 0.717) is 18.1 Å². The molecule has 0 aromatic heterocycles. The van der Waals surface area contributed by atoms with Gasteiger partial charge in [0, 0.05) is 12.3 Å². The molecule has 0 unspecified atom stereocenters. The maximum Gasteiger partial charge on any atom is 0.0898 e. The van der Waals surface area contributed by atoms with E-state index in [1.54, 1.807) is 6.20 Å². The first-order chi connectivity index (χ1) is 12.9. The smallest absolute Gasteiger partial charge is 0.0898 e. The van der Waals surface area contributed by atoms with Crippen molar-refractivity contribution in [2.45, 2.75) is 59.3 Å². The van der Waals surface area contributed by atoms with E-state index in [2.05, 4.69) is 62.0 Å².